The molecular formula is C12H15N3O4. The van der Waals surface area contributed by atoms with Crippen LogP contribution in [0.3, 0.4) is 0 Å². The van der Waals surface area contributed by atoms with Crippen molar-refractivity contribution >= 4 is 23.6 Å². The minimum Gasteiger partial charge on any atom is -0.480 e. The van der Waals surface area contributed by atoms with Crippen LogP contribution in [0.5, 0.6) is 0 Å². The number of carboxylic acid groups (broad SMARTS) is 1. The van der Waals surface area contributed by atoms with Gasteiger partial charge in [-0.3, -0.25) is 4.79 Å². The number of rotatable bonds is 5. The average molecular weight is 265 g/mol. The van der Waals surface area contributed by atoms with Crippen molar-refractivity contribution in [3.05, 3.63) is 29.8 Å². The maximum atomic E-state index is 11.5. The van der Waals surface area contributed by atoms with E-state index in [2.05, 4.69) is 10.6 Å². The molecule has 1 rings (SSSR count). The molecule has 102 valence electrons. The lowest BCUT2D eigenvalue weighted by Crippen LogP contribution is -2.42. The van der Waals surface area contributed by atoms with Crippen LogP contribution in [0.2, 0.25) is 0 Å². The van der Waals surface area contributed by atoms with Gasteiger partial charge < -0.3 is 21.5 Å². The summed E-state index contributed by atoms with van der Waals surface area (Å²) in [5.74, 6) is -1.66. The number of anilines is 1. The highest BCUT2D eigenvalue weighted by atomic mass is 16.4. The van der Waals surface area contributed by atoms with Gasteiger partial charge in [-0.1, -0.05) is 6.92 Å². The zero-order chi connectivity index (χ0) is 14.4. The number of carbonyl (C=O) groups excluding carboxylic acids is 2. The third-order valence-electron chi connectivity index (χ3n) is 2.44. The lowest BCUT2D eigenvalue weighted by atomic mass is 10.2. The van der Waals surface area contributed by atoms with E-state index in [0.29, 0.717) is 11.3 Å². The van der Waals surface area contributed by atoms with Crippen molar-refractivity contribution in [2.75, 3.05) is 5.32 Å². The molecule has 1 aromatic rings. The smallest absolute Gasteiger partial charge is 0.326 e. The van der Waals surface area contributed by atoms with Crippen molar-refractivity contribution in [3.8, 4) is 0 Å². The largest absolute Gasteiger partial charge is 0.480 e. The number of carbonyl (C=O) groups is 3. The maximum absolute atomic E-state index is 11.5. The van der Waals surface area contributed by atoms with Crippen LogP contribution in [0.25, 0.3) is 0 Å². The molecule has 7 nitrogen and oxygen atoms in total. The molecule has 0 fully saturated rings. The van der Waals surface area contributed by atoms with Crippen molar-refractivity contribution in [3.63, 3.8) is 0 Å². The summed E-state index contributed by atoms with van der Waals surface area (Å²) in [5, 5.41) is 13.6. The van der Waals surface area contributed by atoms with E-state index in [4.69, 9.17) is 10.8 Å². The lowest BCUT2D eigenvalue weighted by Gasteiger charge is -2.13. The molecule has 7 heteroatoms. The lowest BCUT2D eigenvalue weighted by molar-refractivity contribution is -0.139. The first kappa shape index (κ1) is 14.5. The van der Waals surface area contributed by atoms with Crippen LogP contribution < -0.4 is 16.4 Å². The van der Waals surface area contributed by atoms with Gasteiger partial charge in [-0.25, -0.2) is 9.59 Å². The molecule has 5 N–H and O–H groups in total. The second-order valence-corrected chi connectivity index (χ2v) is 3.84. The predicted molar refractivity (Wildman–Crippen MR) is 68.8 cm³/mol. The summed E-state index contributed by atoms with van der Waals surface area (Å²) in [4.78, 5) is 33.1. The molecular weight excluding hydrogens is 250 g/mol. The Balaban J connectivity index is 2.61. The third kappa shape index (κ3) is 4.30. The zero-order valence-electron chi connectivity index (χ0n) is 10.3. The third-order valence-corrected chi connectivity index (χ3v) is 2.44. The van der Waals surface area contributed by atoms with E-state index in [-0.39, 0.29) is 6.42 Å². The number of nitrogens with two attached hydrogens (primary N) is 1. The summed E-state index contributed by atoms with van der Waals surface area (Å²) in [6.07, 6.45) is 0.281. The minimum atomic E-state index is -1.10. The van der Waals surface area contributed by atoms with Gasteiger partial charge in [-0.2, -0.15) is 0 Å². The van der Waals surface area contributed by atoms with Gasteiger partial charge in [0, 0.05) is 11.3 Å². The van der Waals surface area contributed by atoms with Crippen molar-refractivity contribution < 1.29 is 19.5 Å². The predicted octanol–water partition coefficient (Wildman–Crippen LogP) is 0.770. The summed E-state index contributed by atoms with van der Waals surface area (Å²) in [6.45, 7) is 1.65. The Labute approximate surface area is 109 Å². The fourth-order valence-corrected chi connectivity index (χ4v) is 1.38. The van der Waals surface area contributed by atoms with Gasteiger partial charge in [0.1, 0.15) is 6.04 Å². The van der Waals surface area contributed by atoms with E-state index in [1.807, 2.05) is 0 Å². The number of primary amides is 1. The second-order valence-electron chi connectivity index (χ2n) is 3.84. The van der Waals surface area contributed by atoms with Gasteiger partial charge in [0.25, 0.3) is 0 Å². The monoisotopic (exact) mass is 265 g/mol. The molecule has 0 aliphatic heterocycles. The van der Waals surface area contributed by atoms with Gasteiger partial charge in [0.15, 0.2) is 0 Å². The van der Waals surface area contributed by atoms with E-state index in [0.717, 1.165) is 0 Å². The van der Waals surface area contributed by atoms with Gasteiger partial charge in [0.2, 0.25) is 5.91 Å². The molecule has 0 spiro atoms. The van der Waals surface area contributed by atoms with Crippen LogP contribution in [0.15, 0.2) is 24.3 Å². The molecule has 0 aliphatic carbocycles. The highest BCUT2D eigenvalue weighted by Gasteiger charge is 2.17. The van der Waals surface area contributed by atoms with Crippen LogP contribution >= 0.6 is 0 Å². The van der Waals surface area contributed by atoms with Crippen molar-refractivity contribution in [2.24, 2.45) is 5.73 Å². The van der Waals surface area contributed by atoms with Crippen molar-refractivity contribution in [2.45, 2.75) is 19.4 Å². The first-order chi connectivity index (χ1) is 8.93. The molecule has 1 aromatic carbocycles. The minimum absolute atomic E-state index is 0.281. The molecule has 0 heterocycles. The number of aliphatic carboxylic acids is 1. The summed E-state index contributed by atoms with van der Waals surface area (Å²) < 4.78 is 0. The quantitative estimate of drug-likeness (QED) is 0.628. The van der Waals surface area contributed by atoms with E-state index in [9.17, 15) is 14.4 Å². The Bertz CT molecular complexity index is 484. The van der Waals surface area contributed by atoms with E-state index in [1.165, 1.54) is 24.3 Å². The number of hydrogen-bond donors (Lipinski definition) is 4. The van der Waals surface area contributed by atoms with Gasteiger partial charge in [0.05, 0.1) is 0 Å². The number of hydrogen-bond acceptors (Lipinski definition) is 3. The van der Waals surface area contributed by atoms with Crippen LogP contribution in [0.1, 0.15) is 23.7 Å². The molecule has 0 saturated heterocycles. The van der Waals surface area contributed by atoms with Crippen LogP contribution in [0, 0.1) is 0 Å². The second kappa shape index (κ2) is 6.39. The topological polar surface area (TPSA) is 122 Å². The number of urea groups is 1. The number of benzene rings is 1. The highest BCUT2D eigenvalue weighted by molar-refractivity contribution is 5.95. The van der Waals surface area contributed by atoms with Crippen molar-refractivity contribution in [1.82, 2.24) is 5.32 Å². The Morgan fingerprint density at radius 2 is 1.84 bits per heavy atom. The van der Waals surface area contributed by atoms with Crippen LogP contribution in [-0.4, -0.2) is 29.1 Å². The Hall–Kier alpha value is -2.57. The SMILES string of the molecule is CC[C@H](NC(=O)Nc1ccc(C(N)=O)cc1)C(=O)O. The summed E-state index contributed by atoms with van der Waals surface area (Å²) in [7, 11) is 0. The molecule has 0 aliphatic rings. The van der Waals surface area contributed by atoms with E-state index < -0.39 is 23.9 Å². The fraction of sp³-hybridized carbons (Fsp3) is 0.250. The fourth-order valence-electron chi connectivity index (χ4n) is 1.38. The molecule has 0 unspecified atom stereocenters. The Morgan fingerprint density at radius 3 is 2.26 bits per heavy atom. The van der Waals surface area contributed by atoms with Crippen LogP contribution in [-0.2, 0) is 4.79 Å². The first-order valence-electron chi connectivity index (χ1n) is 5.64. The summed E-state index contributed by atoms with van der Waals surface area (Å²) in [6, 6.07) is 4.37. The molecule has 1 atom stereocenters. The number of nitrogens with one attached hydrogen (secondary N) is 2. The number of amides is 3. The van der Waals surface area contributed by atoms with Gasteiger partial charge in [-0.05, 0) is 30.7 Å². The maximum Gasteiger partial charge on any atom is 0.326 e. The van der Waals surface area contributed by atoms with E-state index >= 15 is 0 Å². The molecule has 19 heavy (non-hydrogen) atoms. The van der Waals surface area contributed by atoms with E-state index in [1.54, 1.807) is 6.92 Å². The summed E-state index contributed by atoms with van der Waals surface area (Å²) >= 11 is 0. The molecule has 0 bridgehead atoms. The first-order valence-corrected chi connectivity index (χ1v) is 5.64. The zero-order valence-corrected chi connectivity index (χ0v) is 10.3. The van der Waals surface area contributed by atoms with Gasteiger partial charge >= 0.3 is 12.0 Å². The molecule has 3 amide bonds. The molecule has 0 aromatic heterocycles. The molecule has 0 radical (unpaired) electrons. The summed E-state index contributed by atoms with van der Waals surface area (Å²) in [5.41, 5.74) is 5.83. The average Bonchev–Trinajstić information content (AvgIpc) is 2.36. The van der Waals surface area contributed by atoms with Crippen molar-refractivity contribution in [1.29, 1.82) is 0 Å². The standard InChI is InChI=1S/C12H15N3O4/c1-2-9(11(17)18)15-12(19)14-8-5-3-7(4-6-8)10(13)16/h3-6,9H,2H2,1H3,(H2,13,16)(H,17,18)(H2,14,15,19)/t9-/m0/s1. The highest BCUT2D eigenvalue weighted by Crippen LogP contribution is 2.09. The number of carboxylic acids is 1. The normalized spacial score (nSPS) is 11.4. The van der Waals surface area contributed by atoms with Gasteiger partial charge in [-0.15, -0.1) is 0 Å². The van der Waals surface area contributed by atoms with Crippen LogP contribution in [0.4, 0.5) is 10.5 Å². The molecule has 0 saturated carbocycles. The Kier molecular flexibility index (Phi) is 4.87. The Morgan fingerprint density at radius 1 is 1.26 bits per heavy atom.